The minimum atomic E-state index is -3.40. The third-order valence-electron chi connectivity index (χ3n) is 4.52. The minimum Gasteiger partial charge on any atom is -0.384 e. The number of nitrogens with one attached hydrogen (secondary N) is 1. The summed E-state index contributed by atoms with van der Waals surface area (Å²) in [5, 5.41) is 3.71. The van der Waals surface area contributed by atoms with Crippen LogP contribution in [0.25, 0.3) is 0 Å². The van der Waals surface area contributed by atoms with E-state index in [2.05, 4.69) is 5.32 Å². The van der Waals surface area contributed by atoms with E-state index in [4.69, 9.17) is 16.3 Å². The van der Waals surface area contributed by atoms with Crippen LogP contribution in [0.4, 0.5) is 0 Å². The highest BCUT2D eigenvalue weighted by atomic mass is 35.5. The van der Waals surface area contributed by atoms with Crippen molar-refractivity contribution in [2.75, 3.05) is 19.5 Å². The number of ether oxygens (including phenoxy) is 1. The zero-order valence-electron chi connectivity index (χ0n) is 14.4. The van der Waals surface area contributed by atoms with Gasteiger partial charge in [0.1, 0.15) is 0 Å². The van der Waals surface area contributed by atoms with Gasteiger partial charge in [-0.15, -0.1) is 0 Å². The number of aryl methyl sites for hydroxylation is 1. The Labute approximate surface area is 158 Å². The van der Waals surface area contributed by atoms with E-state index >= 15 is 0 Å². The highest BCUT2D eigenvalue weighted by molar-refractivity contribution is 7.91. The number of carbonyl (C=O) groups excluding carboxylic acids is 1. The molecule has 26 heavy (non-hydrogen) atoms. The van der Waals surface area contributed by atoms with Crippen LogP contribution in [0.15, 0.2) is 47.4 Å². The molecule has 1 N–H and O–H groups in total. The van der Waals surface area contributed by atoms with Crippen LogP contribution in [0, 0.1) is 0 Å². The van der Waals surface area contributed by atoms with Gasteiger partial charge in [0, 0.05) is 17.7 Å². The third kappa shape index (κ3) is 4.09. The molecular weight excluding hydrogens is 374 g/mol. The predicted octanol–water partition coefficient (Wildman–Crippen LogP) is 3.18. The van der Waals surface area contributed by atoms with Crippen LogP contribution in [0.1, 0.15) is 33.9 Å². The lowest BCUT2D eigenvalue weighted by atomic mass is 10.1. The maximum atomic E-state index is 12.5. The van der Waals surface area contributed by atoms with E-state index < -0.39 is 9.84 Å². The van der Waals surface area contributed by atoms with Crippen molar-refractivity contribution in [3.05, 3.63) is 64.2 Å². The molecule has 138 valence electrons. The van der Waals surface area contributed by atoms with Crippen molar-refractivity contribution in [2.45, 2.75) is 23.8 Å². The Bertz CT molecular complexity index is 910. The molecular formula is C19H20ClNO4S. The standard InChI is InChI=1S/C19H20ClNO4S/c1-25-10-11-26(23,24)16-6-2-13(3-7-16)19(22)21-18-9-4-14-12-15(20)5-8-17(14)18/h2-3,5-8,12,18H,4,9-11H2,1H3,(H,21,22). The number of methoxy groups -OCH3 is 1. The van der Waals surface area contributed by atoms with E-state index in [-0.39, 0.29) is 29.2 Å². The Hall–Kier alpha value is -1.89. The number of amides is 1. The first kappa shape index (κ1) is 18.9. The molecule has 3 rings (SSSR count). The van der Waals surface area contributed by atoms with Gasteiger partial charge >= 0.3 is 0 Å². The van der Waals surface area contributed by atoms with E-state index in [1.807, 2.05) is 18.2 Å². The second-order valence-corrected chi connectivity index (χ2v) is 8.79. The normalized spacial score (nSPS) is 16.3. The summed E-state index contributed by atoms with van der Waals surface area (Å²) in [4.78, 5) is 12.7. The maximum absolute atomic E-state index is 12.5. The summed E-state index contributed by atoms with van der Waals surface area (Å²) in [6.07, 6.45) is 1.70. The number of carbonyl (C=O) groups is 1. The lowest BCUT2D eigenvalue weighted by Crippen LogP contribution is -2.27. The molecule has 1 aliphatic carbocycles. The van der Waals surface area contributed by atoms with Gasteiger partial charge in [-0.1, -0.05) is 17.7 Å². The molecule has 0 radical (unpaired) electrons. The molecule has 0 bridgehead atoms. The van der Waals surface area contributed by atoms with Crippen LogP contribution in [0.5, 0.6) is 0 Å². The van der Waals surface area contributed by atoms with E-state index in [1.54, 1.807) is 0 Å². The predicted molar refractivity (Wildman–Crippen MR) is 100 cm³/mol. The fourth-order valence-corrected chi connectivity index (χ4v) is 4.47. The average Bonchev–Trinajstić information content (AvgIpc) is 3.02. The number of rotatable bonds is 6. The molecule has 0 aliphatic heterocycles. The molecule has 1 atom stereocenters. The average molecular weight is 394 g/mol. The molecule has 0 saturated carbocycles. The SMILES string of the molecule is COCCS(=O)(=O)c1ccc(C(=O)NC2CCc3cc(Cl)ccc32)cc1. The van der Waals surface area contributed by atoms with Gasteiger partial charge in [-0.25, -0.2) is 8.42 Å². The van der Waals surface area contributed by atoms with Crippen LogP contribution < -0.4 is 5.32 Å². The Balaban J connectivity index is 1.70. The van der Waals surface area contributed by atoms with Crippen molar-refractivity contribution in [3.63, 3.8) is 0 Å². The number of hydrogen-bond acceptors (Lipinski definition) is 4. The highest BCUT2D eigenvalue weighted by Gasteiger charge is 2.24. The summed E-state index contributed by atoms with van der Waals surface area (Å²) in [5.41, 5.74) is 2.67. The molecule has 7 heteroatoms. The van der Waals surface area contributed by atoms with Crippen LogP contribution in [-0.2, 0) is 21.0 Å². The molecule has 0 heterocycles. The van der Waals surface area contributed by atoms with Gasteiger partial charge in [0.15, 0.2) is 9.84 Å². The molecule has 0 aromatic heterocycles. The monoisotopic (exact) mass is 393 g/mol. The fraction of sp³-hybridized carbons (Fsp3) is 0.316. The maximum Gasteiger partial charge on any atom is 0.251 e. The number of halogens is 1. The van der Waals surface area contributed by atoms with Gasteiger partial charge in [-0.2, -0.15) is 0 Å². The Morgan fingerprint density at radius 2 is 1.96 bits per heavy atom. The summed E-state index contributed by atoms with van der Waals surface area (Å²) in [6.45, 7) is 0.135. The minimum absolute atomic E-state index is 0.0557. The first-order valence-corrected chi connectivity index (χ1v) is 10.3. The highest BCUT2D eigenvalue weighted by Crippen LogP contribution is 2.33. The summed E-state index contributed by atoms with van der Waals surface area (Å²) in [7, 11) is -1.94. The second-order valence-electron chi connectivity index (χ2n) is 6.24. The summed E-state index contributed by atoms with van der Waals surface area (Å²) in [5.74, 6) is -0.310. The van der Waals surface area contributed by atoms with E-state index in [0.29, 0.717) is 10.6 Å². The lowest BCUT2D eigenvalue weighted by molar-refractivity contribution is 0.0936. The molecule has 0 saturated heterocycles. The van der Waals surface area contributed by atoms with E-state index in [1.165, 1.54) is 31.4 Å². The molecule has 2 aromatic carbocycles. The van der Waals surface area contributed by atoms with Gasteiger partial charge in [0.2, 0.25) is 0 Å². The van der Waals surface area contributed by atoms with Crippen molar-refractivity contribution in [2.24, 2.45) is 0 Å². The molecule has 0 fully saturated rings. The van der Waals surface area contributed by atoms with Crippen LogP contribution in [0.3, 0.4) is 0 Å². The Morgan fingerprint density at radius 1 is 1.23 bits per heavy atom. The third-order valence-corrected chi connectivity index (χ3v) is 6.45. The second kappa shape index (κ2) is 7.78. The fourth-order valence-electron chi connectivity index (χ4n) is 3.10. The first-order chi connectivity index (χ1) is 12.4. The summed E-state index contributed by atoms with van der Waals surface area (Å²) in [6, 6.07) is 11.6. The van der Waals surface area contributed by atoms with Gasteiger partial charge in [0.25, 0.3) is 5.91 Å². The van der Waals surface area contributed by atoms with Crippen molar-refractivity contribution in [1.82, 2.24) is 5.32 Å². The van der Waals surface area contributed by atoms with Crippen molar-refractivity contribution in [1.29, 1.82) is 0 Å². The van der Waals surface area contributed by atoms with Crippen LogP contribution >= 0.6 is 11.6 Å². The molecule has 1 aliphatic rings. The van der Waals surface area contributed by atoms with Crippen molar-refractivity contribution < 1.29 is 17.9 Å². The van der Waals surface area contributed by atoms with Crippen molar-refractivity contribution in [3.8, 4) is 0 Å². The largest absolute Gasteiger partial charge is 0.384 e. The number of hydrogen-bond donors (Lipinski definition) is 1. The summed E-state index contributed by atoms with van der Waals surface area (Å²) < 4.78 is 29.1. The van der Waals surface area contributed by atoms with Crippen LogP contribution in [0.2, 0.25) is 5.02 Å². The van der Waals surface area contributed by atoms with Gasteiger partial charge in [-0.05, 0) is 60.4 Å². The van der Waals surface area contributed by atoms with E-state index in [9.17, 15) is 13.2 Å². The van der Waals surface area contributed by atoms with Crippen LogP contribution in [-0.4, -0.2) is 33.8 Å². The molecule has 5 nitrogen and oxygen atoms in total. The lowest BCUT2D eigenvalue weighted by Gasteiger charge is -2.14. The quantitative estimate of drug-likeness (QED) is 0.818. The zero-order chi connectivity index (χ0) is 18.7. The van der Waals surface area contributed by atoms with Gasteiger partial charge in [0.05, 0.1) is 23.3 Å². The van der Waals surface area contributed by atoms with Gasteiger partial charge < -0.3 is 10.1 Å². The number of sulfone groups is 1. The molecule has 1 amide bonds. The number of benzene rings is 2. The molecule has 1 unspecified atom stereocenters. The molecule has 0 spiro atoms. The molecule has 2 aromatic rings. The van der Waals surface area contributed by atoms with Crippen molar-refractivity contribution >= 4 is 27.3 Å². The Kier molecular flexibility index (Phi) is 5.65. The van der Waals surface area contributed by atoms with Gasteiger partial charge in [-0.3, -0.25) is 4.79 Å². The topological polar surface area (TPSA) is 72.5 Å². The van der Waals surface area contributed by atoms with E-state index in [0.717, 1.165) is 24.0 Å². The first-order valence-electron chi connectivity index (χ1n) is 8.31. The number of fused-ring (bicyclic) bond motifs is 1. The zero-order valence-corrected chi connectivity index (χ0v) is 15.9. The Morgan fingerprint density at radius 3 is 2.65 bits per heavy atom. The smallest absolute Gasteiger partial charge is 0.251 e. The summed E-state index contributed by atoms with van der Waals surface area (Å²) >= 11 is 6.01.